The zero-order chi connectivity index (χ0) is 25.6. The number of hydrogen-bond donors (Lipinski definition) is 0. The molecule has 1 aromatic carbocycles. The molecular formula is C24H35BF2N2O5. The number of carbonyl (C=O) groups excluding carboxylic acids is 2. The van der Waals surface area contributed by atoms with E-state index in [0.29, 0.717) is 25.9 Å². The number of ether oxygens (including phenoxy) is 1. The van der Waals surface area contributed by atoms with Gasteiger partial charge in [-0.05, 0) is 73.4 Å². The molecule has 0 N–H and O–H groups in total. The third kappa shape index (κ3) is 5.38. The first-order chi connectivity index (χ1) is 15.5. The molecule has 34 heavy (non-hydrogen) atoms. The largest absolute Gasteiger partial charge is 0.497 e. The molecule has 3 rings (SSSR count). The van der Waals surface area contributed by atoms with Gasteiger partial charge in [0.15, 0.2) is 0 Å². The number of likely N-dealkylation sites (tertiary alicyclic amines) is 1. The van der Waals surface area contributed by atoms with Crippen LogP contribution in [0, 0.1) is 11.6 Å². The lowest BCUT2D eigenvalue weighted by Crippen LogP contribution is -2.48. The molecule has 1 aromatic rings. The normalized spacial score (nSPS) is 20.4. The Labute approximate surface area is 200 Å². The van der Waals surface area contributed by atoms with E-state index < -0.39 is 47.6 Å². The van der Waals surface area contributed by atoms with Gasteiger partial charge < -0.3 is 23.8 Å². The second kappa shape index (κ2) is 9.11. The van der Waals surface area contributed by atoms with E-state index in [1.54, 1.807) is 27.8 Å². The summed E-state index contributed by atoms with van der Waals surface area (Å²) in [7, 11) is 0.600. The summed E-state index contributed by atoms with van der Waals surface area (Å²) in [6.45, 7) is 13.3. The lowest BCUT2D eigenvalue weighted by molar-refractivity contribution is 0.00578. The van der Waals surface area contributed by atoms with E-state index in [4.69, 9.17) is 14.0 Å². The lowest BCUT2D eigenvalue weighted by Gasteiger charge is -2.37. The van der Waals surface area contributed by atoms with E-state index in [9.17, 15) is 18.4 Å². The van der Waals surface area contributed by atoms with Gasteiger partial charge in [-0.3, -0.25) is 4.79 Å². The van der Waals surface area contributed by atoms with Crippen LogP contribution in [0.25, 0.3) is 0 Å². The number of piperidine rings is 1. The maximum absolute atomic E-state index is 14.9. The first-order valence-electron chi connectivity index (χ1n) is 11.6. The Balaban J connectivity index is 1.67. The molecule has 0 saturated carbocycles. The van der Waals surface area contributed by atoms with Crippen molar-refractivity contribution in [3.05, 3.63) is 29.3 Å². The summed E-state index contributed by atoms with van der Waals surface area (Å²) in [5.41, 5.74) is -2.42. The minimum Gasteiger partial charge on any atom is -0.444 e. The van der Waals surface area contributed by atoms with Crippen LogP contribution in [-0.2, 0) is 14.0 Å². The van der Waals surface area contributed by atoms with Crippen LogP contribution >= 0.6 is 0 Å². The summed E-state index contributed by atoms with van der Waals surface area (Å²) in [5.74, 6) is -2.18. The third-order valence-corrected chi connectivity index (χ3v) is 6.80. The Morgan fingerprint density at radius 3 is 2.09 bits per heavy atom. The van der Waals surface area contributed by atoms with Crippen molar-refractivity contribution in [3.63, 3.8) is 0 Å². The van der Waals surface area contributed by atoms with Crippen molar-refractivity contribution in [2.24, 2.45) is 0 Å². The molecule has 7 nitrogen and oxygen atoms in total. The van der Waals surface area contributed by atoms with E-state index in [1.807, 2.05) is 27.7 Å². The van der Waals surface area contributed by atoms with Crippen molar-refractivity contribution >= 4 is 24.6 Å². The molecule has 188 valence electrons. The Hall–Kier alpha value is -2.20. The predicted molar refractivity (Wildman–Crippen MR) is 125 cm³/mol. The second-order valence-electron chi connectivity index (χ2n) is 11.1. The molecule has 2 aliphatic heterocycles. The minimum absolute atomic E-state index is 0.0783. The summed E-state index contributed by atoms with van der Waals surface area (Å²) in [5, 5.41) is 0. The number of benzene rings is 1. The zero-order valence-corrected chi connectivity index (χ0v) is 21.3. The molecule has 2 saturated heterocycles. The van der Waals surface area contributed by atoms with Crippen LogP contribution in [0.3, 0.4) is 0 Å². The molecule has 2 fully saturated rings. The number of amides is 2. The molecule has 0 aromatic heterocycles. The molecule has 0 spiro atoms. The van der Waals surface area contributed by atoms with E-state index in [2.05, 4.69) is 0 Å². The van der Waals surface area contributed by atoms with Gasteiger partial charge >= 0.3 is 13.2 Å². The van der Waals surface area contributed by atoms with Crippen LogP contribution in [0.15, 0.2) is 12.1 Å². The third-order valence-electron chi connectivity index (χ3n) is 6.80. The first-order valence-corrected chi connectivity index (χ1v) is 11.6. The number of rotatable bonds is 3. The quantitative estimate of drug-likeness (QED) is 0.617. The highest BCUT2D eigenvalue weighted by Gasteiger charge is 2.52. The molecule has 2 amide bonds. The molecule has 0 atom stereocenters. The molecule has 2 aliphatic rings. The van der Waals surface area contributed by atoms with Gasteiger partial charge in [-0.25, -0.2) is 13.6 Å². The van der Waals surface area contributed by atoms with Gasteiger partial charge in [0.05, 0.1) is 16.8 Å². The van der Waals surface area contributed by atoms with Crippen LogP contribution < -0.4 is 5.46 Å². The average Bonchev–Trinajstić information content (AvgIpc) is 2.94. The SMILES string of the molecule is CN(C(=O)OC(C)(C)C)C1CCN(C(=O)c2cc(F)c(B3OC(C)(C)C(C)(C)O3)cc2F)CC1. The molecule has 0 radical (unpaired) electrons. The van der Waals surface area contributed by atoms with Gasteiger partial charge in [-0.15, -0.1) is 0 Å². The molecule has 10 heteroatoms. The zero-order valence-electron chi connectivity index (χ0n) is 21.3. The Kier molecular flexibility index (Phi) is 7.08. The molecule has 0 unspecified atom stereocenters. The highest BCUT2D eigenvalue weighted by Crippen LogP contribution is 2.36. The number of halogens is 2. The predicted octanol–water partition coefficient (Wildman–Crippen LogP) is 3.74. The van der Waals surface area contributed by atoms with Crippen LogP contribution in [0.4, 0.5) is 13.6 Å². The highest BCUT2D eigenvalue weighted by molar-refractivity contribution is 6.62. The van der Waals surface area contributed by atoms with Gasteiger partial charge in [0.25, 0.3) is 5.91 Å². The molecule has 0 bridgehead atoms. The monoisotopic (exact) mass is 480 g/mol. The fourth-order valence-corrected chi connectivity index (χ4v) is 3.99. The van der Waals surface area contributed by atoms with E-state index >= 15 is 0 Å². The van der Waals surface area contributed by atoms with E-state index in [0.717, 1.165) is 12.1 Å². The van der Waals surface area contributed by atoms with Crippen molar-refractivity contribution in [3.8, 4) is 0 Å². The Morgan fingerprint density at radius 2 is 1.59 bits per heavy atom. The number of nitrogens with zero attached hydrogens (tertiary/aromatic N) is 2. The fraction of sp³-hybridized carbons (Fsp3) is 0.667. The summed E-state index contributed by atoms with van der Waals surface area (Å²) in [6, 6.07) is 1.79. The first kappa shape index (κ1) is 26.4. The van der Waals surface area contributed by atoms with Crippen molar-refractivity contribution in [2.75, 3.05) is 20.1 Å². The Bertz CT molecular complexity index is 939. The Morgan fingerprint density at radius 1 is 1.06 bits per heavy atom. The van der Waals surface area contributed by atoms with Gasteiger partial charge in [0, 0.05) is 31.6 Å². The molecular weight excluding hydrogens is 445 g/mol. The van der Waals surface area contributed by atoms with E-state index in [-0.39, 0.29) is 17.1 Å². The minimum atomic E-state index is -1.07. The second-order valence-corrected chi connectivity index (χ2v) is 11.1. The van der Waals surface area contributed by atoms with Crippen molar-refractivity contribution in [2.45, 2.75) is 84.2 Å². The average molecular weight is 480 g/mol. The smallest absolute Gasteiger partial charge is 0.444 e. The van der Waals surface area contributed by atoms with Crippen LogP contribution in [0.1, 0.15) is 71.7 Å². The maximum atomic E-state index is 14.9. The van der Waals surface area contributed by atoms with Crippen LogP contribution in [-0.4, -0.2) is 71.9 Å². The van der Waals surface area contributed by atoms with Crippen LogP contribution in [0.5, 0.6) is 0 Å². The van der Waals surface area contributed by atoms with Gasteiger partial charge in [0.1, 0.15) is 17.2 Å². The fourth-order valence-electron chi connectivity index (χ4n) is 3.99. The number of carbonyl (C=O) groups is 2. The summed E-state index contributed by atoms with van der Waals surface area (Å²) in [6.07, 6.45) is 0.596. The van der Waals surface area contributed by atoms with Gasteiger partial charge in [-0.1, -0.05) is 0 Å². The number of hydrogen-bond acceptors (Lipinski definition) is 5. The van der Waals surface area contributed by atoms with E-state index in [1.165, 1.54) is 9.80 Å². The highest BCUT2D eigenvalue weighted by atomic mass is 19.1. The van der Waals surface area contributed by atoms with Gasteiger partial charge in [0.2, 0.25) is 0 Å². The van der Waals surface area contributed by atoms with Gasteiger partial charge in [-0.2, -0.15) is 0 Å². The maximum Gasteiger partial charge on any atom is 0.497 e. The van der Waals surface area contributed by atoms with Crippen molar-refractivity contribution < 1.29 is 32.4 Å². The molecule has 2 heterocycles. The topological polar surface area (TPSA) is 68.3 Å². The van der Waals surface area contributed by atoms with Crippen molar-refractivity contribution in [1.82, 2.24) is 9.80 Å². The molecule has 0 aliphatic carbocycles. The lowest BCUT2D eigenvalue weighted by atomic mass is 9.78. The summed E-state index contributed by atoms with van der Waals surface area (Å²) in [4.78, 5) is 28.3. The van der Waals surface area contributed by atoms with Crippen molar-refractivity contribution in [1.29, 1.82) is 0 Å². The summed E-state index contributed by atoms with van der Waals surface area (Å²) < 4.78 is 46.9. The summed E-state index contributed by atoms with van der Waals surface area (Å²) >= 11 is 0. The van der Waals surface area contributed by atoms with Crippen LogP contribution in [0.2, 0.25) is 0 Å². The standard InChI is InChI=1S/C24H35BF2N2O5/c1-22(2,3)32-21(31)28(8)15-9-11-29(12-10-15)20(30)16-13-19(27)17(14-18(16)26)25-33-23(4,5)24(6,7)34-25/h13-15H,9-12H2,1-8H3.